The third kappa shape index (κ3) is 4.34. The molecule has 0 atom stereocenters. The van der Waals surface area contributed by atoms with Gasteiger partial charge in [0.2, 0.25) is 0 Å². The van der Waals surface area contributed by atoms with Gasteiger partial charge in [-0.05, 0) is 36.2 Å². The van der Waals surface area contributed by atoms with E-state index in [9.17, 15) is 0 Å². The topological polar surface area (TPSA) is 0 Å². The zero-order valence-electron chi connectivity index (χ0n) is 13.6. The Labute approximate surface area is 131 Å². The van der Waals surface area contributed by atoms with Gasteiger partial charge in [0.25, 0.3) is 0 Å². The maximum Gasteiger partial charge on any atom is -0.0276 e. The zero-order valence-corrected chi connectivity index (χ0v) is 13.6. The lowest BCUT2D eigenvalue weighted by atomic mass is 9.68. The molecule has 2 saturated carbocycles. The molecule has 0 heteroatoms. The van der Waals surface area contributed by atoms with Gasteiger partial charge in [-0.1, -0.05) is 94.5 Å². The van der Waals surface area contributed by atoms with Crippen LogP contribution < -0.4 is 0 Å². The minimum Gasteiger partial charge on any atom is -0.0622 e. The van der Waals surface area contributed by atoms with Crippen molar-refractivity contribution in [1.29, 1.82) is 0 Å². The van der Waals surface area contributed by atoms with E-state index in [2.05, 4.69) is 30.3 Å². The minimum absolute atomic E-state index is 1.02. The summed E-state index contributed by atoms with van der Waals surface area (Å²) < 4.78 is 0. The number of aryl methyl sites for hydroxylation is 1. The predicted molar refractivity (Wildman–Crippen MR) is 91.4 cm³/mol. The number of hydrogen-bond donors (Lipinski definition) is 0. The predicted octanol–water partition coefficient (Wildman–Crippen LogP) is 6.40. The minimum atomic E-state index is 1.02. The van der Waals surface area contributed by atoms with Crippen molar-refractivity contribution in [3.8, 4) is 0 Å². The van der Waals surface area contributed by atoms with Crippen molar-refractivity contribution in [2.75, 3.05) is 0 Å². The lowest BCUT2D eigenvalue weighted by Crippen LogP contribution is -2.27. The molecule has 0 unspecified atom stereocenters. The quantitative estimate of drug-likeness (QED) is 0.587. The highest BCUT2D eigenvalue weighted by Gasteiger charge is 2.30. The molecule has 0 spiro atoms. The summed E-state index contributed by atoms with van der Waals surface area (Å²) in [7, 11) is 0. The van der Waals surface area contributed by atoms with Crippen LogP contribution in [0, 0.1) is 17.8 Å². The van der Waals surface area contributed by atoms with Crippen molar-refractivity contribution in [3.63, 3.8) is 0 Å². The van der Waals surface area contributed by atoms with Crippen LogP contribution in [0.1, 0.15) is 76.2 Å². The van der Waals surface area contributed by atoms with Crippen molar-refractivity contribution in [2.45, 2.75) is 77.0 Å². The fraction of sp³-hybridized carbons (Fsp3) is 0.714. The lowest BCUT2D eigenvalue weighted by molar-refractivity contribution is 0.135. The first kappa shape index (κ1) is 15.1. The molecule has 0 saturated heterocycles. The Morgan fingerprint density at radius 1 is 0.714 bits per heavy atom. The summed E-state index contributed by atoms with van der Waals surface area (Å²) in [5.74, 6) is 3.11. The Bertz CT molecular complexity index is 364. The Morgan fingerprint density at radius 2 is 1.24 bits per heavy atom. The monoisotopic (exact) mass is 284 g/mol. The highest BCUT2D eigenvalue weighted by molar-refractivity contribution is 5.14. The average molecular weight is 284 g/mol. The second-order valence-electron chi connectivity index (χ2n) is 7.48. The first-order chi connectivity index (χ1) is 10.4. The fourth-order valence-electron chi connectivity index (χ4n) is 4.96. The fourth-order valence-corrected chi connectivity index (χ4v) is 4.96. The molecule has 116 valence electrons. The number of rotatable bonds is 5. The molecule has 0 N–H and O–H groups in total. The molecule has 2 fully saturated rings. The van der Waals surface area contributed by atoms with E-state index in [1.165, 1.54) is 77.0 Å². The van der Waals surface area contributed by atoms with E-state index in [1.807, 2.05) is 0 Å². The Kier molecular flexibility index (Phi) is 5.77. The van der Waals surface area contributed by atoms with E-state index in [0.717, 1.165) is 17.8 Å². The first-order valence-corrected chi connectivity index (χ1v) is 9.47. The molecule has 0 radical (unpaired) electrons. The van der Waals surface area contributed by atoms with Crippen LogP contribution in [0.2, 0.25) is 0 Å². The van der Waals surface area contributed by atoms with Crippen molar-refractivity contribution < 1.29 is 0 Å². The van der Waals surface area contributed by atoms with Crippen molar-refractivity contribution in [1.82, 2.24) is 0 Å². The Morgan fingerprint density at radius 3 is 1.76 bits per heavy atom. The van der Waals surface area contributed by atoms with Gasteiger partial charge in [-0.15, -0.1) is 0 Å². The molecular formula is C21H32. The van der Waals surface area contributed by atoms with E-state index < -0.39 is 0 Å². The Hall–Kier alpha value is -0.780. The standard InChI is InChI=1S/C21H32/c1-4-10-18(11-5-1)16-17-21(19-12-6-2-7-13-19)20-14-8-3-9-15-20/h1,4-5,10-11,19-21H,2-3,6-9,12-17H2. The van der Waals surface area contributed by atoms with Gasteiger partial charge >= 0.3 is 0 Å². The van der Waals surface area contributed by atoms with Crippen LogP contribution in [0.25, 0.3) is 0 Å². The molecule has 21 heavy (non-hydrogen) atoms. The first-order valence-electron chi connectivity index (χ1n) is 9.47. The summed E-state index contributed by atoms with van der Waals surface area (Å²) in [5.41, 5.74) is 1.55. The maximum atomic E-state index is 2.32. The molecule has 2 aliphatic carbocycles. The van der Waals surface area contributed by atoms with Crippen LogP contribution in [0.4, 0.5) is 0 Å². The highest BCUT2D eigenvalue weighted by atomic mass is 14.4. The van der Waals surface area contributed by atoms with Crippen molar-refractivity contribution in [3.05, 3.63) is 35.9 Å². The van der Waals surface area contributed by atoms with Gasteiger partial charge < -0.3 is 0 Å². The van der Waals surface area contributed by atoms with Gasteiger partial charge in [-0.2, -0.15) is 0 Å². The molecule has 3 rings (SSSR count). The van der Waals surface area contributed by atoms with Crippen LogP contribution in [-0.4, -0.2) is 0 Å². The molecule has 0 amide bonds. The van der Waals surface area contributed by atoms with E-state index in [4.69, 9.17) is 0 Å². The van der Waals surface area contributed by atoms with Crippen LogP contribution in [0.15, 0.2) is 30.3 Å². The van der Waals surface area contributed by atoms with Gasteiger partial charge in [-0.25, -0.2) is 0 Å². The van der Waals surface area contributed by atoms with E-state index in [0.29, 0.717) is 0 Å². The van der Waals surface area contributed by atoms with Crippen LogP contribution in [-0.2, 0) is 6.42 Å². The SMILES string of the molecule is c1ccc(CCC(C2CCCCC2)C2CCCCC2)cc1. The van der Waals surface area contributed by atoms with Gasteiger partial charge in [0, 0.05) is 0 Å². The van der Waals surface area contributed by atoms with Crippen LogP contribution in [0.3, 0.4) is 0 Å². The number of benzene rings is 1. The van der Waals surface area contributed by atoms with Gasteiger partial charge in [0.1, 0.15) is 0 Å². The van der Waals surface area contributed by atoms with E-state index in [-0.39, 0.29) is 0 Å². The second kappa shape index (κ2) is 8.01. The van der Waals surface area contributed by atoms with Crippen LogP contribution >= 0.6 is 0 Å². The van der Waals surface area contributed by atoms with Gasteiger partial charge in [-0.3, -0.25) is 0 Å². The van der Waals surface area contributed by atoms with Gasteiger partial charge in [0.05, 0.1) is 0 Å². The highest BCUT2D eigenvalue weighted by Crippen LogP contribution is 2.42. The maximum absolute atomic E-state index is 2.32. The summed E-state index contributed by atoms with van der Waals surface area (Å²) >= 11 is 0. The summed E-state index contributed by atoms with van der Waals surface area (Å²) in [4.78, 5) is 0. The molecular weight excluding hydrogens is 252 g/mol. The molecule has 2 aliphatic rings. The third-order valence-electron chi connectivity index (χ3n) is 6.12. The molecule has 1 aromatic rings. The molecule has 1 aromatic carbocycles. The lowest BCUT2D eigenvalue weighted by Gasteiger charge is -2.38. The Balaban J connectivity index is 1.62. The zero-order chi connectivity index (χ0) is 14.3. The van der Waals surface area contributed by atoms with Gasteiger partial charge in [0.15, 0.2) is 0 Å². The summed E-state index contributed by atoms with van der Waals surface area (Å²) in [5, 5.41) is 0. The largest absolute Gasteiger partial charge is 0.0622 e. The third-order valence-corrected chi connectivity index (χ3v) is 6.12. The van der Waals surface area contributed by atoms with E-state index >= 15 is 0 Å². The normalized spacial score (nSPS) is 21.8. The summed E-state index contributed by atoms with van der Waals surface area (Å²) in [6.07, 6.45) is 17.8. The van der Waals surface area contributed by atoms with Crippen molar-refractivity contribution in [2.24, 2.45) is 17.8 Å². The smallest absolute Gasteiger partial charge is 0.0276 e. The summed E-state index contributed by atoms with van der Waals surface area (Å²) in [6, 6.07) is 11.2. The number of hydrogen-bond acceptors (Lipinski definition) is 0. The van der Waals surface area contributed by atoms with E-state index in [1.54, 1.807) is 5.56 Å². The molecule has 0 nitrogen and oxygen atoms in total. The molecule has 0 bridgehead atoms. The van der Waals surface area contributed by atoms with Crippen LogP contribution in [0.5, 0.6) is 0 Å². The second-order valence-corrected chi connectivity index (χ2v) is 7.48. The van der Waals surface area contributed by atoms with Crippen molar-refractivity contribution >= 4 is 0 Å². The molecule has 0 aromatic heterocycles. The molecule has 0 heterocycles. The summed E-state index contributed by atoms with van der Waals surface area (Å²) in [6.45, 7) is 0. The molecule has 0 aliphatic heterocycles. The average Bonchev–Trinajstić information content (AvgIpc) is 2.58.